The zero-order valence-corrected chi connectivity index (χ0v) is 45.0. The summed E-state index contributed by atoms with van der Waals surface area (Å²) >= 11 is 0. The highest BCUT2D eigenvalue weighted by molar-refractivity contribution is 6.99. The van der Waals surface area contributed by atoms with Gasteiger partial charge in [-0.1, -0.05) is 203 Å². The second-order valence-electron chi connectivity index (χ2n) is 21.4. The predicted octanol–water partition coefficient (Wildman–Crippen LogP) is 8.62. The van der Waals surface area contributed by atoms with Crippen molar-refractivity contribution in [3.63, 3.8) is 0 Å². The molecule has 0 radical (unpaired) electrons. The molecule has 0 spiro atoms. The van der Waals surface area contributed by atoms with Crippen molar-refractivity contribution in [3.8, 4) is 0 Å². The van der Waals surface area contributed by atoms with Crippen LogP contribution in [0.4, 0.5) is 0 Å². The highest BCUT2D eigenvalue weighted by atomic mass is 28.4. The number of rotatable bonds is 23. The first kappa shape index (κ1) is 54.4. The molecule has 4 aliphatic heterocycles. The number of benzene rings is 6. The van der Waals surface area contributed by atoms with Gasteiger partial charge in [0.15, 0.2) is 24.7 Å². The van der Waals surface area contributed by atoms with E-state index in [1.54, 1.807) is 0 Å². The molecule has 402 valence electrons. The van der Waals surface area contributed by atoms with Crippen molar-refractivity contribution < 1.29 is 61.6 Å². The van der Waals surface area contributed by atoms with Crippen LogP contribution in [0.2, 0.25) is 5.04 Å². The minimum Gasteiger partial charge on any atom is -0.405 e. The fourth-order valence-electron chi connectivity index (χ4n) is 10.9. The Morgan fingerprint density at radius 2 is 0.868 bits per heavy atom. The van der Waals surface area contributed by atoms with Crippen molar-refractivity contribution >= 4 is 18.7 Å². The first-order valence-electron chi connectivity index (χ1n) is 26.5. The minimum absolute atomic E-state index is 0.105. The van der Waals surface area contributed by atoms with Crippen LogP contribution >= 0.6 is 0 Å². The maximum Gasteiger partial charge on any atom is 0.261 e. The van der Waals surface area contributed by atoms with Crippen molar-refractivity contribution in [1.29, 1.82) is 0 Å². The molecule has 10 rings (SSSR count). The SMILES string of the molecule is CC1(C)O[C@@H]2O[C@H](CO)[C@@H](O[C@H]3O[C@H](CO[Si](c4ccccc4)(c4ccccc4)C(C)(C)C)[C@@H](OCc4ccccc4)[C@@H]3O[C@H]3O[C@H](COCc4ccccc4)[C@@H](OCc4ccccc4)[C@@H]3OCc3ccccc3)[C@@H]2O1. The first-order chi connectivity index (χ1) is 37.0. The predicted molar refractivity (Wildman–Crippen MR) is 288 cm³/mol. The van der Waals surface area contributed by atoms with Gasteiger partial charge in [-0.25, -0.2) is 0 Å². The number of hydrogen-bond acceptors (Lipinski definition) is 13. The summed E-state index contributed by atoms with van der Waals surface area (Å²) in [6.45, 7) is 11.4. The van der Waals surface area contributed by atoms with Gasteiger partial charge in [0.25, 0.3) is 8.32 Å². The molecule has 1 N–H and O–H groups in total. The van der Waals surface area contributed by atoms with Crippen LogP contribution in [-0.4, -0.2) is 113 Å². The molecular weight excluding hydrogens is 981 g/mol. The second kappa shape index (κ2) is 24.8. The van der Waals surface area contributed by atoms with Gasteiger partial charge in [0.2, 0.25) is 0 Å². The van der Waals surface area contributed by atoms with Crippen molar-refractivity contribution in [3.05, 3.63) is 204 Å². The number of ether oxygens (including phenoxy) is 11. The van der Waals surface area contributed by atoms with Crippen LogP contribution in [0.15, 0.2) is 182 Å². The van der Waals surface area contributed by atoms with Crippen LogP contribution in [0, 0.1) is 0 Å². The Kier molecular flexibility index (Phi) is 17.7. The summed E-state index contributed by atoms with van der Waals surface area (Å²) in [5, 5.41) is 12.7. The lowest BCUT2D eigenvalue weighted by Gasteiger charge is -2.43. The van der Waals surface area contributed by atoms with Gasteiger partial charge < -0.3 is 61.6 Å². The molecule has 0 aromatic heterocycles. The maximum atomic E-state index is 10.8. The Labute approximate surface area is 448 Å². The molecule has 4 saturated heterocycles. The van der Waals surface area contributed by atoms with E-state index < -0.39 is 87.9 Å². The van der Waals surface area contributed by atoms with Crippen LogP contribution in [0.25, 0.3) is 0 Å². The quantitative estimate of drug-likeness (QED) is 0.0616. The number of aliphatic hydroxyl groups is 1. The third kappa shape index (κ3) is 12.6. The van der Waals surface area contributed by atoms with Crippen LogP contribution in [0.1, 0.15) is 56.9 Å². The molecule has 4 heterocycles. The Balaban J connectivity index is 1.03. The monoisotopic (exact) mass is 1050 g/mol. The zero-order valence-electron chi connectivity index (χ0n) is 44.0. The zero-order chi connectivity index (χ0) is 52.5. The third-order valence-corrected chi connectivity index (χ3v) is 19.5. The average Bonchev–Trinajstić information content (AvgIpc) is 4.15. The summed E-state index contributed by atoms with van der Waals surface area (Å²) in [6.07, 6.45) is -9.96. The Morgan fingerprint density at radius 1 is 0.461 bits per heavy atom. The van der Waals surface area contributed by atoms with E-state index in [2.05, 4.69) is 69.3 Å². The lowest BCUT2D eigenvalue weighted by molar-refractivity contribution is -0.278. The lowest BCUT2D eigenvalue weighted by Crippen LogP contribution is -2.67. The average molecular weight is 1050 g/mol. The van der Waals surface area contributed by atoms with Crippen LogP contribution in [0.3, 0.4) is 0 Å². The van der Waals surface area contributed by atoms with E-state index in [1.807, 2.05) is 147 Å². The number of aliphatic hydroxyl groups excluding tert-OH is 1. The van der Waals surface area contributed by atoms with E-state index in [-0.39, 0.29) is 44.7 Å². The lowest BCUT2D eigenvalue weighted by atomic mass is 10.1. The molecule has 0 bridgehead atoms. The molecule has 12 atom stereocenters. The fraction of sp³-hybridized carbons (Fsp3) is 0.419. The van der Waals surface area contributed by atoms with Crippen molar-refractivity contribution in [2.75, 3.05) is 19.8 Å². The number of fused-ring (bicyclic) bond motifs is 1. The van der Waals surface area contributed by atoms with E-state index in [1.165, 1.54) is 0 Å². The molecule has 76 heavy (non-hydrogen) atoms. The van der Waals surface area contributed by atoms with Gasteiger partial charge in [0.1, 0.15) is 54.9 Å². The number of hydrogen-bond donors (Lipinski definition) is 1. The largest absolute Gasteiger partial charge is 0.405 e. The van der Waals surface area contributed by atoms with Crippen molar-refractivity contribution in [1.82, 2.24) is 0 Å². The molecule has 0 saturated carbocycles. The Bertz CT molecular complexity index is 2630. The minimum atomic E-state index is -3.13. The summed E-state index contributed by atoms with van der Waals surface area (Å²) in [4.78, 5) is 0. The molecule has 0 aliphatic carbocycles. The van der Waals surface area contributed by atoms with Gasteiger partial charge in [-0.05, 0) is 51.5 Å². The summed E-state index contributed by atoms with van der Waals surface area (Å²) < 4.78 is 82.6. The fourth-order valence-corrected chi connectivity index (χ4v) is 15.5. The maximum absolute atomic E-state index is 10.8. The van der Waals surface area contributed by atoms with Gasteiger partial charge in [-0.2, -0.15) is 0 Å². The highest BCUT2D eigenvalue weighted by Crippen LogP contribution is 2.43. The molecule has 0 unspecified atom stereocenters. The van der Waals surface area contributed by atoms with E-state index in [0.29, 0.717) is 6.61 Å². The molecule has 4 fully saturated rings. The van der Waals surface area contributed by atoms with Crippen LogP contribution in [-0.2, 0) is 83.0 Å². The molecule has 14 heteroatoms. The van der Waals surface area contributed by atoms with Gasteiger partial charge in [-0.3, -0.25) is 0 Å². The molecule has 4 aliphatic rings. The van der Waals surface area contributed by atoms with Crippen LogP contribution in [0.5, 0.6) is 0 Å². The second-order valence-corrected chi connectivity index (χ2v) is 25.7. The summed E-state index contributed by atoms with van der Waals surface area (Å²) in [5.74, 6) is -0.968. The molecule has 0 amide bonds. The third-order valence-electron chi connectivity index (χ3n) is 14.5. The van der Waals surface area contributed by atoms with E-state index in [9.17, 15) is 5.11 Å². The Hall–Kier alpha value is -4.98. The Morgan fingerprint density at radius 3 is 1.34 bits per heavy atom. The molecular formula is C62H72O13Si. The smallest absolute Gasteiger partial charge is 0.261 e. The highest BCUT2D eigenvalue weighted by Gasteiger charge is 2.60. The summed E-state index contributed by atoms with van der Waals surface area (Å²) in [5.41, 5.74) is 3.94. The van der Waals surface area contributed by atoms with Gasteiger partial charge in [0.05, 0.1) is 46.2 Å². The molecule has 6 aromatic rings. The van der Waals surface area contributed by atoms with Crippen molar-refractivity contribution in [2.24, 2.45) is 0 Å². The van der Waals surface area contributed by atoms with E-state index in [4.69, 9.17) is 56.5 Å². The summed E-state index contributed by atoms with van der Waals surface area (Å²) in [7, 11) is -3.13. The topological polar surface area (TPSA) is 131 Å². The summed E-state index contributed by atoms with van der Waals surface area (Å²) in [6, 6.07) is 61.1. The van der Waals surface area contributed by atoms with Gasteiger partial charge in [-0.15, -0.1) is 0 Å². The van der Waals surface area contributed by atoms with Crippen molar-refractivity contribution in [2.45, 2.75) is 146 Å². The first-order valence-corrected chi connectivity index (χ1v) is 28.5. The molecule has 6 aromatic carbocycles. The van der Waals surface area contributed by atoms with Gasteiger partial charge in [0, 0.05) is 0 Å². The van der Waals surface area contributed by atoms with E-state index >= 15 is 0 Å². The van der Waals surface area contributed by atoms with E-state index in [0.717, 1.165) is 32.6 Å². The standard InChI is InChI=1S/C62H72O13Si/c1-61(2,3)76(47-32-20-10-21-33-47,48-34-22-11-23-35-48)68-42-51-53(66-39-45-28-16-8-17-29-45)56(59(71-51)72-54-49(36-63)69-60-57(54)74-62(4,5)75-60)73-58-55(67-40-46-30-18-9-19-31-46)52(65-38-44-26-14-7-15-27-44)50(70-58)41-64-37-43-24-12-6-13-25-43/h6-35,49-60,63H,36-42H2,1-5H3/t49-,50-,51-,52-,53-,54-,55+,56+,57+,58-,59-,60+/m1/s1. The normalized spacial score (nSPS) is 28.2. The van der Waals surface area contributed by atoms with Crippen LogP contribution < -0.4 is 10.4 Å². The van der Waals surface area contributed by atoms with Gasteiger partial charge >= 0.3 is 0 Å². The molecule has 13 nitrogen and oxygen atoms in total.